The maximum absolute atomic E-state index is 13.2. The highest BCUT2D eigenvalue weighted by Gasteiger charge is 2.44. The average Bonchev–Trinajstić information content (AvgIpc) is 2.63. The van der Waals surface area contributed by atoms with Gasteiger partial charge in [-0.2, -0.15) is 0 Å². The van der Waals surface area contributed by atoms with Crippen LogP contribution in [0.3, 0.4) is 0 Å². The summed E-state index contributed by atoms with van der Waals surface area (Å²) in [6.45, 7) is 7.07. The van der Waals surface area contributed by atoms with Gasteiger partial charge in [0, 0.05) is 6.54 Å². The highest BCUT2D eigenvalue weighted by Crippen LogP contribution is 2.36. The van der Waals surface area contributed by atoms with Gasteiger partial charge in [-0.1, -0.05) is 12.1 Å². The normalized spacial score (nSPS) is 22.0. The standard InChI is InChI=1S/C20H27N3O4/c1-4-27-18(25)14-8-7-11-22(12-14)13-17(24)23-16-10-6-5-9-15(16)21-19(26)20(23,2)3/h5-6,9-10,14H,4,7-8,11-13H2,1-3H3,(H,21,26). The molecule has 1 fully saturated rings. The van der Waals surface area contributed by atoms with Gasteiger partial charge in [0.1, 0.15) is 5.54 Å². The first kappa shape index (κ1) is 19.4. The van der Waals surface area contributed by atoms with Gasteiger partial charge >= 0.3 is 5.97 Å². The molecule has 2 aliphatic heterocycles. The fourth-order valence-electron chi connectivity index (χ4n) is 3.81. The maximum Gasteiger partial charge on any atom is 0.310 e. The molecule has 1 aromatic carbocycles. The molecule has 1 saturated heterocycles. The van der Waals surface area contributed by atoms with Crippen LogP contribution in [0.4, 0.5) is 11.4 Å². The fourth-order valence-corrected chi connectivity index (χ4v) is 3.81. The Morgan fingerprint density at radius 3 is 2.78 bits per heavy atom. The van der Waals surface area contributed by atoms with E-state index in [1.807, 2.05) is 23.1 Å². The van der Waals surface area contributed by atoms with Crippen molar-refractivity contribution in [2.45, 2.75) is 39.2 Å². The molecule has 7 nitrogen and oxygen atoms in total. The van der Waals surface area contributed by atoms with Crippen LogP contribution < -0.4 is 10.2 Å². The molecule has 0 radical (unpaired) electrons. The minimum absolute atomic E-state index is 0.146. The van der Waals surface area contributed by atoms with E-state index >= 15 is 0 Å². The predicted molar refractivity (Wildman–Crippen MR) is 102 cm³/mol. The lowest BCUT2D eigenvalue weighted by Gasteiger charge is -2.43. The van der Waals surface area contributed by atoms with E-state index in [9.17, 15) is 14.4 Å². The molecular formula is C20H27N3O4. The van der Waals surface area contributed by atoms with E-state index < -0.39 is 5.54 Å². The van der Waals surface area contributed by atoms with E-state index in [0.29, 0.717) is 24.5 Å². The number of ether oxygens (including phenoxy) is 1. The molecule has 1 unspecified atom stereocenters. The summed E-state index contributed by atoms with van der Waals surface area (Å²) in [6.07, 6.45) is 1.63. The number of nitrogens with zero attached hydrogens (tertiary/aromatic N) is 2. The van der Waals surface area contributed by atoms with Crippen LogP contribution in [0.25, 0.3) is 0 Å². The lowest BCUT2D eigenvalue weighted by molar-refractivity contribution is -0.150. The summed E-state index contributed by atoms with van der Waals surface area (Å²) in [5, 5.41) is 2.87. The molecule has 27 heavy (non-hydrogen) atoms. The van der Waals surface area contributed by atoms with Gasteiger partial charge in [0.15, 0.2) is 0 Å². The number of rotatable bonds is 4. The lowest BCUT2D eigenvalue weighted by atomic mass is 9.95. The van der Waals surface area contributed by atoms with E-state index in [-0.39, 0.29) is 30.2 Å². The maximum atomic E-state index is 13.2. The minimum Gasteiger partial charge on any atom is -0.466 e. The number of nitrogens with one attached hydrogen (secondary N) is 1. The SMILES string of the molecule is CCOC(=O)C1CCCN(CC(=O)N2c3ccccc3NC(=O)C2(C)C)C1. The zero-order valence-electron chi connectivity index (χ0n) is 16.2. The van der Waals surface area contributed by atoms with E-state index in [1.54, 1.807) is 31.7 Å². The molecule has 7 heteroatoms. The van der Waals surface area contributed by atoms with Gasteiger partial charge in [-0.3, -0.25) is 24.2 Å². The van der Waals surface area contributed by atoms with Gasteiger partial charge < -0.3 is 10.1 Å². The smallest absolute Gasteiger partial charge is 0.310 e. The molecule has 2 aliphatic rings. The van der Waals surface area contributed by atoms with Gasteiger partial charge in [-0.05, 0) is 52.3 Å². The second-order valence-electron chi connectivity index (χ2n) is 7.59. The van der Waals surface area contributed by atoms with Crippen molar-refractivity contribution < 1.29 is 19.1 Å². The summed E-state index contributed by atoms with van der Waals surface area (Å²) in [5.74, 6) is -0.751. The van der Waals surface area contributed by atoms with Crippen molar-refractivity contribution in [2.75, 3.05) is 36.5 Å². The van der Waals surface area contributed by atoms with Crippen LogP contribution in [-0.2, 0) is 19.1 Å². The molecule has 0 saturated carbocycles. The summed E-state index contributed by atoms with van der Waals surface area (Å²) in [6, 6.07) is 7.31. The summed E-state index contributed by atoms with van der Waals surface area (Å²) in [4.78, 5) is 41.3. The molecule has 1 aromatic rings. The van der Waals surface area contributed by atoms with Gasteiger partial charge in [0.25, 0.3) is 0 Å². The van der Waals surface area contributed by atoms with Gasteiger partial charge in [0.2, 0.25) is 11.8 Å². The zero-order valence-corrected chi connectivity index (χ0v) is 16.2. The molecule has 0 bridgehead atoms. The van der Waals surface area contributed by atoms with Crippen LogP contribution in [0, 0.1) is 5.92 Å². The van der Waals surface area contributed by atoms with Crippen LogP contribution >= 0.6 is 0 Å². The Balaban J connectivity index is 1.77. The van der Waals surface area contributed by atoms with Crippen molar-refractivity contribution >= 4 is 29.2 Å². The number of para-hydroxylation sites is 2. The van der Waals surface area contributed by atoms with Crippen molar-refractivity contribution in [3.8, 4) is 0 Å². The molecule has 3 rings (SSSR count). The number of anilines is 2. The molecule has 0 aromatic heterocycles. The Kier molecular flexibility index (Phi) is 5.51. The molecule has 146 valence electrons. The minimum atomic E-state index is -0.984. The van der Waals surface area contributed by atoms with Crippen molar-refractivity contribution in [2.24, 2.45) is 5.92 Å². The molecular weight excluding hydrogens is 346 g/mol. The number of carbonyl (C=O) groups excluding carboxylic acids is 3. The highest BCUT2D eigenvalue weighted by molar-refractivity contribution is 6.14. The van der Waals surface area contributed by atoms with Gasteiger partial charge in [-0.15, -0.1) is 0 Å². The number of fused-ring (bicyclic) bond motifs is 1. The number of likely N-dealkylation sites (tertiary alicyclic amines) is 1. The summed E-state index contributed by atoms with van der Waals surface area (Å²) in [5.41, 5.74) is 0.353. The zero-order chi connectivity index (χ0) is 19.6. The van der Waals surface area contributed by atoms with Crippen molar-refractivity contribution in [1.82, 2.24) is 4.90 Å². The second-order valence-corrected chi connectivity index (χ2v) is 7.59. The van der Waals surface area contributed by atoms with Crippen LogP contribution in [0.2, 0.25) is 0 Å². The molecule has 1 atom stereocenters. The second kappa shape index (κ2) is 7.68. The quantitative estimate of drug-likeness (QED) is 0.817. The fraction of sp³-hybridized carbons (Fsp3) is 0.550. The van der Waals surface area contributed by atoms with E-state index in [2.05, 4.69) is 5.32 Å². The highest BCUT2D eigenvalue weighted by atomic mass is 16.5. The Morgan fingerprint density at radius 2 is 2.04 bits per heavy atom. The third-order valence-corrected chi connectivity index (χ3v) is 5.24. The average molecular weight is 373 g/mol. The monoisotopic (exact) mass is 373 g/mol. The first-order valence-electron chi connectivity index (χ1n) is 9.47. The third-order valence-electron chi connectivity index (χ3n) is 5.24. The Morgan fingerprint density at radius 1 is 1.30 bits per heavy atom. The van der Waals surface area contributed by atoms with Crippen LogP contribution in [0.1, 0.15) is 33.6 Å². The topological polar surface area (TPSA) is 79.0 Å². The number of hydrogen-bond acceptors (Lipinski definition) is 5. The summed E-state index contributed by atoms with van der Waals surface area (Å²) >= 11 is 0. The predicted octanol–water partition coefficient (Wildman–Crippen LogP) is 2.03. The molecule has 1 N–H and O–H groups in total. The first-order chi connectivity index (χ1) is 12.8. The first-order valence-corrected chi connectivity index (χ1v) is 9.47. The van der Waals surface area contributed by atoms with Crippen LogP contribution in [0.15, 0.2) is 24.3 Å². The number of benzene rings is 1. The van der Waals surface area contributed by atoms with Gasteiger partial charge in [0.05, 0.1) is 30.4 Å². The molecule has 0 spiro atoms. The van der Waals surface area contributed by atoms with E-state index in [0.717, 1.165) is 19.4 Å². The number of amides is 2. The summed E-state index contributed by atoms with van der Waals surface area (Å²) < 4.78 is 5.13. The Labute approximate surface area is 159 Å². The molecule has 0 aliphatic carbocycles. The van der Waals surface area contributed by atoms with E-state index in [4.69, 9.17) is 4.74 Å². The van der Waals surface area contributed by atoms with Gasteiger partial charge in [-0.25, -0.2) is 0 Å². The number of esters is 1. The largest absolute Gasteiger partial charge is 0.466 e. The van der Waals surface area contributed by atoms with E-state index in [1.165, 1.54) is 0 Å². The lowest BCUT2D eigenvalue weighted by Crippen LogP contribution is -2.60. The van der Waals surface area contributed by atoms with Crippen molar-refractivity contribution in [3.05, 3.63) is 24.3 Å². The number of hydrogen-bond donors (Lipinski definition) is 1. The Hall–Kier alpha value is -2.41. The van der Waals surface area contributed by atoms with Crippen molar-refractivity contribution in [3.63, 3.8) is 0 Å². The third kappa shape index (κ3) is 3.83. The molecule has 2 amide bonds. The number of piperidine rings is 1. The summed E-state index contributed by atoms with van der Waals surface area (Å²) in [7, 11) is 0. The van der Waals surface area contributed by atoms with Crippen molar-refractivity contribution in [1.29, 1.82) is 0 Å². The molecule has 2 heterocycles. The van der Waals surface area contributed by atoms with Crippen LogP contribution in [0.5, 0.6) is 0 Å². The Bertz CT molecular complexity index is 746. The number of carbonyl (C=O) groups is 3. The van der Waals surface area contributed by atoms with Crippen LogP contribution in [-0.4, -0.2) is 54.5 Å².